The minimum Gasteiger partial charge on any atom is -0.342 e. The maximum absolute atomic E-state index is 11.8. The molecule has 14 heavy (non-hydrogen) atoms. The summed E-state index contributed by atoms with van der Waals surface area (Å²) in [6, 6.07) is 1.82. The third kappa shape index (κ3) is 3.35. The first-order valence-electron chi connectivity index (χ1n) is 4.94. The lowest BCUT2D eigenvalue weighted by Crippen LogP contribution is -2.45. The number of nitrogens with zero attached hydrogens (tertiary/aromatic N) is 3. The van der Waals surface area contributed by atoms with Crippen LogP contribution in [0, 0.1) is 11.3 Å². The number of likely N-dealkylation sites (N-methyl/N-ethyl adjacent to an activating group) is 2. The summed E-state index contributed by atoms with van der Waals surface area (Å²) in [6.45, 7) is 7.48. The summed E-state index contributed by atoms with van der Waals surface area (Å²) in [5, 5.41) is 8.50. The van der Waals surface area contributed by atoms with E-state index in [0.29, 0.717) is 0 Å². The minimum absolute atomic E-state index is 0.0905. The molecule has 0 aliphatic carbocycles. The van der Waals surface area contributed by atoms with Gasteiger partial charge in [-0.25, -0.2) is 0 Å². The van der Waals surface area contributed by atoms with Crippen LogP contribution in [0.4, 0.5) is 0 Å². The van der Waals surface area contributed by atoms with Crippen LogP contribution in [0.1, 0.15) is 20.8 Å². The fraction of sp³-hybridized carbons (Fsp3) is 0.800. The first kappa shape index (κ1) is 12.9. The molecular weight excluding hydrogens is 178 g/mol. The zero-order valence-electron chi connectivity index (χ0n) is 9.45. The Kier molecular flexibility index (Phi) is 5.89. The third-order valence-electron chi connectivity index (χ3n) is 2.41. The monoisotopic (exact) mass is 197 g/mol. The average Bonchev–Trinajstić information content (AvgIpc) is 2.18. The first-order chi connectivity index (χ1) is 6.58. The molecule has 1 atom stereocenters. The van der Waals surface area contributed by atoms with Gasteiger partial charge in [0.1, 0.15) is 0 Å². The molecule has 0 fully saturated rings. The minimum atomic E-state index is -0.213. The van der Waals surface area contributed by atoms with Gasteiger partial charge in [-0.2, -0.15) is 5.26 Å². The van der Waals surface area contributed by atoms with Gasteiger partial charge in [-0.15, -0.1) is 0 Å². The molecule has 0 heterocycles. The summed E-state index contributed by atoms with van der Waals surface area (Å²) >= 11 is 0. The zero-order valence-corrected chi connectivity index (χ0v) is 9.45. The Morgan fingerprint density at radius 2 is 1.93 bits per heavy atom. The second kappa shape index (κ2) is 6.39. The molecule has 0 spiro atoms. The van der Waals surface area contributed by atoms with Gasteiger partial charge in [0.15, 0.2) is 0 Å². The second-order valence-electron chi connectivity index (χ2n) is 3.26. The van der Waals surface area contributed by atoms with Gasteiger partial charge in [-0.3, -0.25) is 9.69 Å². The van der Waals surface area contributed by atoms with Crippen LogP contribution in [0.15, 0.2) is 0 Å². The summed E-state index contributed by atoms with van der Waals surface area (Å²) in [5.74, 6) is 0.0905. The van der Waals surface area contributed by atoms with Gasteiger partial charge in [0, 0.05) is 13.1 Å². The van der Waals surface area contributed by atoms with E-state index < -0.39 is 0 Å². The van der Waals surface area contributed by atoms with Gasteiger partial charge in [-0.1, -0.05) is 0 Å². The Balaban J connectivity index is 4.30. The summed E-state index contributed by atoms with van der Waals surface area (Å²) in [5.41, 5.74) is 0. The molecule has 0 aromatic rings. The van der Waals surface area contributed by atoms with Crippen molar-refractivity contribution in [3.8, 4) is 6.07 Å². The summed E-state index contributed by atoms with van der Waals surface area (Å²) < 4.78 is 0. The zero-order chi connectivity index (χ0) is 11.1. The maximum Gasteiger partial charge on any atom is 0.239 e. The second-order valence-corrected chi connectivity index (χ2v) is 3.26. The Morgan fingerprint density at radius 3 is 2.29 bits per heavy atom. The average molecular weight is 197 g/mol. The van der Waals surface area contributed by atoms with Crippen molar-refractivity contribution >= 4 is 5.91 Å². The van der Waals surface area contributed by atoms with Crippen molar-refractivity contribution in [2.45, 2.75) is 26.8 Å². The van der Waals surface area contributed by atoms with E-state index in [0.717, 1.165) is 13.1 Å². The van der Waals surface area contributed by atoms with Crippen molar-refractivity contribution < 1.29 is 4.79 Å². The van der Waals surface area contributed by atoms with Gasteiger partial charge in [0.05, 0.1) is 18.7 Å². The lowest BCUT2D eigenvalue weighted by atomic mass is 10.2. The van der Waals surface area contributed by atoms with Gasteiger partial charge < -0.3 is 4.90 Å². The highest BCUT2D eigenvalue weighted by atomic mass is 16.2. The number of hydrogen-bond donors (Lipinski definition) is 0. The van der Waals surface area contributed by atoms with Crippen LogP contribution in [-0.4, -0.2) is 48.4 Å². The molecule has 4 nitrogen and oxygen atoms in total. The number of carbonyl (C=O) groups excluding carboxylic acids is 1. The topological polar surface area (TPSA) is 47.3 Å². The van der Waals surface area contributed by atoms with Crippen LogP contribution in [0.25, 0.3) is 0 Å². The molecule has 4 heteroatoms. The van der Waals surface area contributed by atoms with Gasteiger partial charge >= 0.3 is 0 Å². The van der Waals surface area contributed by atoms with E-state index in [4.69, 9.17) is 5.26 Å². The maximum atomic E-state index is 11.8. The molecule has 0 radical (unpaired) electrons. The predicted octanol–water partition coefficient (Wildman–Crippen LogP) is 0.699. The molecule has 0 aliphatic rings. The van der Waals surface area contributed by atoms with Crippen LogP contribution in [-0.2, 0) is 4.79 Å². The number of hydrogen-bond acceptors (Lipinski definition) is 3. The fourth-order valence-electron chi connectivity index (χ4n) is 1.24. The fourth-order valence-corrected chi connectivity index (χ4v) is 1.24. The highest BCUT2D eigenvalue weighted by molar-refractivity contribution is 5.81. The van der Waals surface area contributed by atoms with Crippen LogP contribution in [0.3, 0.4) is 0 Å². The van der Waals surface area contributed by atoms with Crippen LogP contribution in [0.5, 0.6) is 0 Å². The molecule has 0 aliphatic heterocycles. The number of nitriles is 1. The largest absolute Gasteiger partial charge is 0.342 e. The summed E-state index contributed by atoms with van der Waals surface area (Å²) in [7, 11) is 1.79. The molecular formula is C10H19N3O. The van der Waals surface area contributed by atoms with E-state index in [2.05, 4.69) is 0 Å². The third-order valence-corrected chi connectivity index (χ3v) is 2.41. The smallest absolute Gasteiger partial charge is 0.239 e. The molecule has 0 N–H and O–H groups in total. The Morgan fingerprint density at radius 1 is 1.43 bits per heavy atom. The van der Waals surface area contributed by atoms with Gasteiger partial charge in [0.25, 0.3) is 0 Å². The van der Waals surface area contributed by atoms with Crippen molar-refractivity contribution in [3.63, 3.8) is 0 Å². The molecule has 0 saturated carbocycles. The van der Waals surface area contributed by atoms with E-state index >= 15 is 0 Å². The van der Waals surface area contributed by atoms with E-state index in [1.807, 2.05) is 26.8 Å². The molecule has 0 aromatic heterocycles. The summed E-state index contributed by atoms with van der Waals surface area (Å²) in [4.78, 5) is 15.3. The predicted molar refractivity (Wildman–Crippen MR) is 55.6 cm³/mol. The molecule has 0 saturated heterocycles. The van der Waals surface area contributed by atoms with Crippen molar-refractivity contribution in [1.29, 1.82) is 5.26 Å². The van der Waals surface area contributed by atoms with Crippen LogP contribution < -0.4 is 0 Å². The van der Waals surface area contributed by atoms with Crippen molar-refractivity contribution in [2.75, 3.05) is 26.7 Å². The molecule has 80 valence electrons. The highest BCUT2D eigenvalue weighted by Crippen LogP contribution is 2.01. The van der Waals surface area contributed by atoms with Gasteiger partial charge in [0.2, 0.25) is 5.91 Å². The van der Waals surface area contributed by atoms with E-state index in [9.17, 15) is 4.79 Å². The Labute approximate surface area is 86.1 Å². The number of amides is 1. The van der Waals surface area contributed by atoms with Crippen molar-refractivity contribution in [2.24, 2.45) is 0 Å². The normalized spacial score (nSPS) is 12.3. The Bertz CT molecular complexity index is 218. The Hall–Kier alpha value is -1.08. The van der Waals surface area contributed by atoms with Crippen LogP contribution in [0.2, 0.25) is 0 Å². The number of carbonyl (C=O) groups is 1. The van der Waals surface area contributed by atoms with E-state index in [1.165, 1.54) is 0 Å². The van der Waals surface area contributed by atoms with Crippen molar-refractivity contribution in [1.82, 2.24) is 9.80 Å². The molecule has 1 amide bonds. The first-order valence-corrected chi connectivity index (χ1v) is 4.94. The molecule has 1 unspecified atom stereocenters. The lowest BCUT2D eigenvalue weighted by molar-refractivity contribution is -0.135. The van der Waals surface area contributed by atoms with Gasteiger partial charge in [-0.05, 0) is 27.8 Å². The highest BCUT2D eigenvalue weighted by Gasteiger charge is 2.21. The standard InChI is InChI=1S/C10H19N3O/c1-5-13(6-2)10(14)9(3)12(4)8-7-11/h9H,5-6,8H2,1-4H3. The van der Waals surface area contributed by atoms with E-state index in [-0.39, 0.29) is 18.5 Å². The molecule has 0 aromatic carbocycles. The van der Waals surface area contributed by atoms with Crippen LogP contribution >= 0.6 is 0 Å². The quantitative estimate of drug-likeness (QED) is 0.609. The summed E-state index contributed by atoms with van der Waals surface area (Å²) in [6.07, 6.45) is 0. The van der Waals surface area contributed by atoms with E-state index in [1.54, 1.807) is 16.8 Å². The molecule has 0 bridgehead atoms. The number of rotatable bonds is 5. The van der Waals surface area contributed by atoms with Crippen molar-refractivity contribution in [3.05, 3.63) is 0 Å². The molecule has 0 rings (SSSR count). The SMILES string of the molecule is CCN(CC)C(=O)C(C)N(C)CC#N. The lowest BCUT2D eigenvalue weighted by Gasteiger charge is -2.27.